The fraction of sp³-hybridized carbons (Fsp3) is 0.500. The van der Waals surface area contributed by atoms with Crippen molar-refractivity contribution in [1.29, 1.82) is 0 Å². The number of hydrogen-bond donors (Lipinski definition) is 1. The maximum atomic E-state index is 12.3. The molecule has 1 aromatic carbocycles. The van der Waals surface area contributed by atoms with Crippen LogP contribution in [-0.4, -0.2) is 39.9 Å². The minimum atomic E-state index is -0.620. The lowest BCUT2D eigenvalue weighted by atomic mass is 10.2. The third-order valence-corrected chi connectivity index (χ3v) is 4.63. The van der Waals surface area contributed by atoms with Crippen LogP contribution in [0.5, 0.6) is 11.5 Å². The number of para-hydroxylation sites is 2. The van der Waals surface area contributed by atoms with Crippen molar-refractivity contribution in [2.24, 2.45) is 0 Å². The van der Waals surface area contributed by atoms with Crippen molar-refractivity contribution < 1.29 is 14.3 Å². The fourth-order valence-electron chi connectivity index (χ4n) is 3.29. The molecule has 2 aliphatic heterocycles. The van der Waals surface area contributed by atoms with E-state index in [4.69, 9.17) is 9.47 Å². The Balaban J connectivity index is 1.31. The molecule has 7 nitrogen and oxygen atoms in total. The molecule has 1 unspecified atom stereocenters. The van der Waals surface area contributed by atoms with Crippen molar-refractivity contribution in [2.75, 3.05) is 13.2 Å². The zero-order valence-corrected chi connectivity index (χ0v) is 14.1. The zero-order valence-electron chi connectivity index (χ0n) is 14.1. The van der Waals surface area contributed by atoms with Gasteiger partial charge in [-0.3, -0.25) is 4.79 Å². The average Bonchev–Trinajstić information content (AvgIpc) is 2.88. The second kappa shape index (κ2) is 7.13. The van der Waals surface area contributed by atoms with Crippen LogP contribution in [0.4, 0.5) is 0 Å². The number of carbonyl (C=O) groups excluding carboxylic acids is 1. The Bertz CT molecular complexity index is 759. The molecule has 132 valence electrons. The van der Waals surface area contributed by atoms with Crippen LogP contribution in [0.1, 0.15) is 30.9 Å². The van der Waals surface area contributed by atoms with Gasteiger partial charge in [-0.1, -0.05) is 18.6 Å². The van der Waals surface area contributed by atoms with Crippen molar-refractivity contribution >= 4 is 5.91 Å². The number of ether oxygens (including phenoxy) is 2. The maximum Gasteiger partial charge on any atom is 0.264 e. The molecule has 0 fully saturated rings. The molecule has 2 aliphatic rings. The largest absolute Gasteiger partial charge is 0.485 e. The van der Waals surface area contributed by atoms with Crippen molar-refractivity contribution in [3.05, 3.63) is 35.9 Å². The predicted octanol–water partition coefficient (Wildman–Crippen LogP) is 1.50. The van der Waals surface area contributed by atoms with Crippen molar-refractivity contribution in [3.63, 3.8) is 0 Å². The first kappa shape index (κ1) is 15.9. The van der Waals surface area contributed by atoms with Crippen LogP contribution >= 0.6 is 0 Å². The standard InChI is InChI=1S/C18H22N4O3/c23-18(15-12-24-13-6-3-4-7-14(13)25-15)19-10-9-17-21-20-16-8-2-1-5-11-22(16)17/h3-4,6-7,15H,1-2,5,8-12H2,(H,19,23). The van der Waals surface area contributed by atoms with Crippen LogP contribution < -0.4 is 14.8 Å². The predicted molar refractivity (Wildman–Crippen MR) is 90.6 cm³/mol. The van der Waals surface area contributed by atoms with Gasteiger partial charge in [0.05, 0.1) is 0 Å². The van der Waals surface area contributed by atoms with Crippen molar-refractivity contribution in [2.45, 2.75) is 44.8 Å². The summed E-state index contributed by atoms with van der Waals surface area (Å²) in [7, 11) is 0. The molecule has 3 heterocycles. The van der Waals surface area contributed by atoms with Crippen molar-refractivity contribution in [1.82, 2.24) is 20.1 Å². The number of nitrogens with one attached hydrogen (secondary N) is 1. The average molecular weight is 342 g/mol. The molecule has 0 aliphatic carbocycles. The topological polar surface area (TPSA) is 78.3 Å². The van der Waals surface area contributed by atoms with Gasteiger partial charge in [-0.25, -0.2) is 0 Å². The van der Waals surface area contributed by atoms with Crippen LogP contribution in [0.25, 0.3) is 0 Å². The maximum absolute atomic E-state index is 12.3. The molecule has 1 amide bonds. The lowest BCUT2D eigenvalue weighted by Crippen LogP contribution is -2.44. The van der Waals surface area contributed by atoms with Gasteiger partial charge in [-0.2, -0.15) is 0 Å². The summed E-state index contributed by atoms with van der Waals surface area (Å²) in [6.45, 7) is 1.71. The molecule has 0 radical (unpaired) electrons. The minimum absolute atomic E-state index is 0.162. The van der Waals surface area contributed by atoms with Gasteiger partial charge >= 0.3 is 0 Å². The molecule has 4 rings (SSSR count). The molecule has 7 heteroatoms. The van der Waals surface area contributed by atoms with E-state index in [0.717, 1.165) is 31.0 Å². The van der Waals surface area contributed by atoms with Crippen LogP contribution in [0.2, 0.25) is 0 Å². The highest BCUT2D eigenvalue weighted by molar-refractivity contribution is 5.81. The molecule has 0 saturated heterocycles. The molecule has 0 saturated carbocycles. The summed E-state index contributed by atoms with van der Waals surface area (Å²) in [4.78, 5) is 12.3. The number of amides is 1. The van der Waals surface area contributed by atoms with E-state index in [0.29, 0.717) is 24.5 Å². The minimum Gasteiger partial charge on any atom is -0.485 e. The second-order valence-corrected chi connectivity index (χ2v) is 6.40. The highest BCUT2D eigenvalue weighted by Crippen LogP contribution is 2.30. The van der Waals surface area contributed by atoms with E-state index in [1.165, 1.54) is 12.8 Å². The summed E-state index contributed by atoms with van der Waals surface area (Å²) >= 11 is 0. The number of aryl methyl sites for hydroxylation is 1. The van der Waals surface area contributed by atoms with Crippen LogP contribution in [0.3, 0.4) is 0 Å². The Morgan fingerprint density at radius 2 is 2.08 bits per heavy atom. The van der Waals surface area contributed by atoms with Gasteiger partial charge in [0.1, 0.15) is 18.3 Å². The van der Waals surface area contributed by atoms with Crippen molar-refractivity contribution in [3.8, 4) is 11.5 Å². The van der Waals surface area contributed by atoms with Gasteiger partial charge in [-0.15, -0.1) is 10.2 Å². The molecule has 1 N–H and O–H groups in total. The number of hydrogen-bond acceptors (Lipinski definition) is 5. The second-order valence-electron chi connectivity index (χ2n) is 6.40. The number of aromatic nitrogens is 3. The molecular formula is C18H22N4O3. The number of nitrogens with zero attached hydrogens (tertiary/aromatic N) is 3. The first-order chi connectivity index (χ1) is 12.3. The summed E-state index contributed by atoms with van der Waals surface area (Å²) in [6.07, 6.45) is 4.62. The van der Waals surface area contributed by atoms with E-state index in [1.54, 1.807) is 6.07 Å². The molecule has 0 bridgehead atoms. The quantitative estimate of drug-likeness (QED) is 0.911. The lowest BCUT2D eigenvalue weighted by molar-refractivity contribution is -0.130. The molecule has 0 spiro atoms. The zero-order chi connectivity index (χ0) is 17.1. The Kier molecular flexibility index (Phi) is 4.54. The summed E-state index contributed by atoms with van der Waals surface area (Å²) in [5.74, 6) is 3.14. The molecule has 1 atom stereocenters. The lowest BCUT2D eigenvalue weighted by Gasteiger charge is -2.25. The van der Waals surface area contributed by atoms with Crippen LogP contribution in [0, 0.1) is 0 Å². The molecular weight excluding hydrogens is 320 g/mol. The fourth-order valence-corrected chi connectivity index (χ4v) is 3.29. The van der Waals surface area contributed by atoms with Gasteiger partial charge in [-0.05, 0) is 25.0 Å². The Morgan fingerprint density at radius 3 is 3.00 bits per heavy atom. The van der Waals surface area contributed by atoms with Gasteiger partial charge in [0.2, 0.25) is 6.10 Å². The monoisotopic (exact) mass is 342 g/mol. The Hall–Kier alpha value is -2.57. The number of benzene rings is 1. The van der Waals surface area contributed by atoms with Gasteiger partial charge < -0.3 is 19.4 Å². The Morgan fingerprint density at radius 1 is 1.20 bits per heavy atom. The highest BCUT2D eigenvalue weighted by Gasteiger charge is 2.27. The van der Waals surface area contributed by atoms with E-state index in [1.807, 2.05) is 18.2 Å². The summed E-state index contributed by atoms with van der Waals surface area (Å²) < 4.78 is 13.5. The summed E-state index contributed by atoms with van der Waals surface area (Å²) in [5, 5.41) is 11.5. The molecule has 25 heavy (non-hydrogen) atoms. The number of carbonyl (C=O) groups is 1. The summed E-state index contributed by atoms with van der Waals surface area (Å²) in [5.41, 5.74) is 0. The van der Waals surface area contributed by atoms with E-state index in [-0.39, 0.29) is 12.5 Å². The highest BCUT2D eigenvalue weighted by atomic mass is 16.6. The van der Waals surface area contributed by atoms with Gasteiger partial charge in [0.15, 0.2) is 11.5 Å². The third kappa shape index (κ3) is 3.45. The molecule has 1 aromatic heterocycles. The van der Waals surface area contributed by atoms with Crippen LogP contribution in [-0.2, 0) is 24.2 Å². The number of fused-ring (bicyclic) bond motifs is 2. The normalized spacial score (nSPS) is 19.0. The third-order valence-electron chi connectivity index (χ3n) is 4.63. The first-order valence-corrected chi connectivity index (χ1v) is 8.88. The Labute approximate surface area is 146 Å². The van der Waals surface area contributed by atoms with Gasteiger partial charge in [0.25, 0.3) is 5.91 Å². The van der Waals surface area contributed by atoms with E-state index < -0.39 is 6.10 Å². The van der Waals surface area contributed by atoms with E-state index >= 15 is 0 Å². The smallest absolute Gasteiger partial charge is 0.264 e. The SMILES string of the molecule is O=C(NCCc1nnc2n1CCCCC2)C1COc2ccccc2O1. The van der Waals surface area contributed by atoms with E-state index in [2.05, 4.69) is 20.1 Å². The van der Waals surface area contributed by atoms with E-state index in [9.17, 15) is 4.79 Å². The first-order valence-electron chi connectivity index (χ1n) is 8.88. The molecule has 2 aromatic rings. The van der Waals surface area contributed by atoms with Gasteiger partial charge in [0, 0.05) is 25.9 Å². The number of rotatable bonds is 4. The van der Waals surface area contributed by atoms with Crippen LogP contribution in [0.15, 0.2) is 24.3 Å². The summed E-state index contributed by atoms with van der Waals surface area (Å²) in [6, 6.07) is 7.38.